The van der Waals surface area contributed by atoms with Gasteiger partial charge in [0, 0.05) is 24.6 Å². The molecule has 5 nitrogen and oxygen atoms in total. The zero-order valence-corrected chi connectivity index (χ0v) is 12.6. The molecule has 0 aromatic heterocycles. The number of carbonyl (C=O) groups excluding carboxylic acids is 2. The highest BCUT2D eigenvalue weighted by atomic mass is 32.2. The third-order valence-electron chi connectivity index (χ3n) is 3.85. The van der Waals surface area contributed by atoms with E-state index in [1.54, 1.807) is 23.5 Å². The van der Waals surface area contributed by atoms with Crippen LogP contribution in [0.15, 0.2) is 0 Å². The highest BCUT2D eigenvalue weighted by molar-refractivity contribution is 8.04. The van der Waals surface area contributed by atoms with Crippen molar-refractivity contribution in [1.29, 1.82) is 0 Å². The van der Waals surface area contributed by atoms with Gasteiger partial charge in [-0.2, -0.15) is 0 Å². The van der Waals surface area contributed by atoms with Crippen LogP contribution in [0.25, 0.3) is 0 Å². The van der Waals surface area contributed by atoms with Crippen LogP contribution in [0.4, 0.5) is 0 Å². The molecule has 2 atom stereocenters. The van der Waals surface area contributed by atoms with E-state index in [1.165, 1.54) is 0 Å². The van der Waals surface area contributed by atoms with Crippen molar-refractivity contribution in [2.24, 2.45) is 0 Å². The van der Waals surface area contributed by atoms with Gasteiger partial charge in [-0.05, 0) is 6.92 Å². The summed E-state index contributed by atoms with van der Waals surface area (Å²) in [6.07, 6.45) is 0. The largest absolute Gasteiger partial charge is 0.378 e. The molecular weight excluding hydrogens is 284 g/mol. The standard InChI is InChI=1S/C12H18N2O3S2/c1-12-8-18-7-10(15)14(12)9(6-19-12)11(16)13-2-4-17-5-3-13/h9H,2-8H2,1H3/t9-,12-/m0/s1. The van der Waals surface area contributed by atoms with Crippen LogP contribution in [0.1, 0.15) is 6.92 Å². The molecule has 3 saturated heterocycles. The van der Waals surface area contributed by atoms with Crippen LogP contribution < -0.4 is 0 Å². The molecule has 19 heavy (non-hydrogen) atoms. The molecule has 0 unspecified atom stereocenters. The minimum absolute atomic E-state index is 0.0970. The molecule has 0 N–H and O–H groups in total. The van der Waals surface area contributed by atoms with Gasteiger partial charge >= 0.3 is 0 Å². The molecule has 106 valence electrons. The third-order valence-corrected chi connectivity index (χ3v) is 6.69. The van der Waals surface area contributed by atoms with Crippen LogP contribution in [0, 0.1) is 0 Å². The Kier molecular flexibility index (Phi) is 3.70. The zero-order chi connectivity index (χ0) is 13.5. The van der Waals surface area contributed by atoms with Crippen LogP contribution in [0.2, 0.25) is 0 Å². The third kappa shape index (κ3) is 2.36. The maximum atomic E-state index is 12.6. The Morgan fingerprint density at radius 1 is 1.42 bits per heavy atom. The van der Waals surface area contributed by atoms with Crippen LogP contribution >= 0.6 is 23.5 Å². The molecule has 7 heteroatoms. The van der Waals surface area contributed by atoms with E-state index in [-0.39, 0.29) is 22.7 Å². The SMILES string of the molecule is C[C@]12CSCC(=O)N1[C@H](C(=O)N1CCOCC1)CS2. The fourth-order valence-electron chi connectivity index (χ4n) is 2.85. The van der Waals surface area contributed by atoms with Gasteiger partial charge in [-0.15, -0.1) is 23.5 Å². The lowest BCUT2D eigenvalue weighted by Gasteiger charge is -2.41. The minimum atomic E-state index is -0.276. The summed E-state index contributed by atoms with van der Waals surface area (Å²) in [6, 6.07) is -0.276. The Morgan fingerprint density at radius 2 is 2.16 bits per heavy atom. The molecule has 0 spiro atoms. The molecule has 0 aromatic rings. The molecule has 3 heterocycles. The van der Waals surface area contributed by atoms with Gasteiger partial charge in [-0.3, -0.25) is 9.59 Å². The van der Waals surface area contributed by atoms with E-state index in [0.29, 0.717) is 32.1 Å². The average Bonchev–Trinajstić information content (AvgIpc) is 2.78. The van der Waals surface area contributed by atoms with Gasteiger partial charge in [-0.1, -0.05) is 0 Å². The van der Waals surface area contributed by atoms with Gasteiger partial charge in [0.05, 0.1) is 23.8 Å². The number of hydrogen-bond donors (Lipinski definition) is 0. The first-order chi connectivity index (χ1) is 9.12. The topological polar surface area (TPSA) is 49.9 Å². The summed E-state index contributed by atoms with van der Waals surface area (Å²) in [4.78, 5) is 28.3. The van der Waals surface area contributed by atoms with Crippen molar-refractivity contribution in [3.8, 4) is 0 Å². The molecule has 0 bridgehead atoms. The van der Waals surface area contributed by atoms with Crippen molar-refractivity contribution in [2.45, 2.75) is 17.8 Å². The van der Waals surface area contributed by atoms with Crippen molar-refractivity contribution in [3.05, 3.63) is 0 Å². The van der Waals surface area contributed by atoms with Crippen molar-refractivity contribution in [2.75, 3.05) is 43.6 Å². The van der Waals surface area contributed by atoms with Gasteiger partial charge in [0.15, 0.2) is 0 Å². The average molecular weight is 302 g/mol. The van der Waals surface area contributed by atoms with E-state index < -0.39 is 0 Å². The molecule has 0 saturated carbocycles. The van der Waals surface area contributed by atoms with Crippen LogP contribution in [-0.2, 0) is 14.3 Å². The van der Waals surface area contributed by atoms with Gasteiger partial charge in [0.2, 0.25) is 11.8 Å². The Morgan fingerprint density at radius 3 is 2.89 bits per heavy atom. The maximum absolute atomic E-state index is 12.6. The number of fused-ring (bicyclic) bond motifs is 1. The van der Waals surface area contributed by atoms with Crippen molar-refractivity contribution in [3.63, 3.8) is 0 Å². The second-order valence-electron chi connectivity index (χ2n) is 5.20. The fraction of sp³-hybridized carbons (Fsp3) is 0.833. The zero-order valence-electron chi connectivity index (χ0n) is 11.0. The molecule has 0 radical (unpaired) electrons. The first-order valence-electron chi connectivity index (χ1n) is 6.52. The molecular formula is C12H18N2O3S2. The predicted octanol–water partition coefficient (Wildman–Crippen LogP) is 0.252. The lowest BCUT2D eigenvalue weighted by atomic mass is 10.1. The Labute approximate surface area is 121 Å². The lowest BCUT2D eigenvalue weighted by Crippen LogP contribution is -2.59. The summed E-state index contributed by atoms with van der Waals surface area (Å²) < 4.78 is 5.28. The quantitative estimate of drug-likeness (QED) is 0.695. The number of rotatable bonds is 1. The molecule has 3 rings (SSSR count). The number of ether oxygens (including phenoxy) is 1. The second-order valence-corrected chi connectivity index (χ2v) is 7.68. The Bertz CT molecular complexity index is 400. The molecule has 3 aliphatic heterocycles. The Balaban J connectivity index is 1.77. The van der Waals surface area contributed by atoms with E-state index in [2.05, 4.69) is 6.92 Å². The van der Waals surface area contributed by atoms with Gasteiger partial charge in [-0.25, -0.2) is 0 Å². The molecule has 3 fully saturated rings. The molecule has 0 aromatic carbocycles. The van der Waals surface area contributed by atoms with Crippen molar-refractivity contribution < 1.29 is 14.3 Å². The highest BCUT2D eigenvalue weighted by Crippen LogP contribution is 2.44. The summed E-state index contributed by atoms with van der Waals surface area (Å²) in [5.41, 5.74) is 0. The number of amides is 2. The number of nitrogens with zero attached hydrogens (tertiary/aromatic N) is 2. The highest BCUT2D eigenvalue weighted by Gasteiger charge is 2.51. The number of morpholine rings is 1. The smallest absolute Gasteiger partial charge is 0.246 e. The number of hydrogen-bond acceptors (Lipinski definition) is 5. The summed E-state index contributed by atoms with van der Waals surface area (Å²) >= 11 is 3.41. The lowest BCUT2D eigenvalue weighted by molar-refractivity contribution is -0.147. The van der Waals surface area contributed by atoms with Crippen molar-refractivity contribution in [1.82, 2.24) is 9.80 Å². The Hall–Kier alpha value is -0.400. The van der Waals surface area contributed by atoms with E-state index in [1.807, 2.05) is 9.80 Å². The second kappa shape index (κ2) is 5.18. The van der Waals surface area contributed by atoms with Crippen molar-refractivity contribution >= 4 is 35.3 Å². The number of thioether (sulfide) groups is 2. The van der Waals surface area contributed by atoms with E-state index in [4.69, 9.17) is 4.74 Å². The minimum Gasteiger partial charge on any atom is -0.378 e. The monoisotopic (exact) mass is 302 g/mol. The van der Waals surface area contributed by atoms with Crippen LogP contribution in [0.5, 0.6) is 0 Å². The first kappa shape index (κ1) is 13.6. The van der Waals surface area contributed by atoms with Crippen LogP contribution in [-0.4, -0.2) is 76.1 Å². The van der Waals surface area contributed by atoms with Gasteiger partial charge < -0.3 is 14.5 Å². The summed E-state index contributed by atoms with van der Waals surface area (Å²) in [6.45, 7) is 4.58. The summed E-state index contributed by atoms with van der Waals surface area (Å²) in [5, 5.41) is 0. The van der Waals surface area contributed by atoms with Gasteiger partial charge in [0.25, 0.3) is 0 Å². The number of carbonyl (C=O) groups is 2. The molecule has 2 amide bonds. The molecule has 0 aliphatic carbocycles. The van der Waals surface area contributed by atoms with Crippen LogP contribution in [0.3, 0.4) is 0 Å². The normalized spacial score (nSPS) is 35.4. The summed E-state index contributed by atoms with van der Waals surface area (Å²) in [5.74, 6) is 2.34. The summed E-state index contributed by atoms with van der Waals surface area (Å²) in [7, 11) is 0. The van der Waals surface area contributed by atoms with E-state index in [0.717, 1.165) is 11.5 Å². The maximum Gasteiger partial charge on any atom is 0.246 e. The fourth-order valence-corrected chi connectivity index (χ4v) is 5.55. The first-order valence-corrected chi connectivity index (χ1v) is 8.66. The van der Waals surface area contributed by atoms with Gasteiger partial charge in [0.1, 0.15) is 6.04 Å². The van der Waals surface area contributed by atoms with E-state index in [9.17, 15) is 9.59 Å². The molecule has 3 aliphatic rings. The van der Waals surface area contributed by atoms with E-state index >= 15 is 0 Å². The predicted molar refractivity (Wildman–Crippen MR) is 76.2 cm³/mol.